The van der Waals surface area contributed by atoms with Crippen molar-refractivity contribution in [2.45, 2.75) is 17.9 Å². The second-order valence-electron chi connectivity index (χ2n) is 5.94. The van der Waals surface area contributed by atoms with Gasteiger partial charge in [0.05, 0.1) is 28.1 Å². The Balaban J connectivity index is 1.92. The van der Waals surface area contributed by atoms with Gasteiger partial charge in [0.2, 0.25) is 5.91 Å². The van der Waals surface area contributed by atoms with Gasteiger partial charge in [0.15, 0.2) is 9.84 Å². The first-order valence-corrected chi connectivity index (χ1v) is 10.6. The van der Waals surface area contributed by atoms with Gasteiger partial charge < -0.3 is 10.6 Å². The number of hydrogen-bond acceptors (Lipinski definition) is 4. The third kappa shape index (κ3) is 5.95. The number of sulfone groups is 1. The van der Waals surface area contributed by atoms with Crippen LogP contribution >= 0.6 is 23.2 Å². The molecule has 144 valence electrons. The smallest absolute Gasteiger partial charge is 0.253 e. The highest BCUT2D eigenvalue weighted by atomic mass is 35.5. The van der Waals surface area contributed by atoms with Gasteiger partial charge in [0.25, 0.3) is 5.91 Å². The van der Waals surface area contributed by atoms with E-state index < -0.39 is 21.7 Å². The quantitative estimate of drug-likeness (QED) is 0.739. The standard InChI is InChI=1S/C18H18Cl2N2O4S/c1-11(12-3-6-14(7-4-12)27(2,25)26)22-17(23)10-21-18(24)15-8-5-13(19)9-16(15)20/h3-9,11H,10H2,1-2H3,(H,21,24)(H,22,23)/t11-/m0/s1. The van der Waals surface area contributed by atoms with E-state index >= 15 is 0 Å². The van der Waals surface area contributed by atoms with Crippen LogP contribution in [-0.2, 0) is 14.6 Å². The lowest BCUT2D eigenvalue weighted by Gasteiger charge is -2.15. The van der Waals surface area contributed by atoms with E-state index in [4.69, 9.17) is 23.2 Å². The Morgan fingerprint density at radius 2 is 1.70 bits per heavy atom. The van der Waals surface area contributed by atoms with Crippen molar-refractivity contribution in [3.05, 3.63) is 63.6 Å². The molecule has 2 rings (SSSR count). The molecular weight excluding hydrogens is 411 g/mol. The first-order chi connectivity index (χ1) is 12.6. The topological polar surface area (TPSA) is 92.3 Å². The van der Waals surface area contributed by atoms with Gasteiger partial charge in [0.1, 0.15) is 0 Å². The van der Waals surface area contributed by atoms with Crippen LogP contribution in [0.5, 0.6) is 0 Å². The fourth-order valence-corrected chi connectivity index (χ4v) is 3.43. The van der Waals surface area contributed by atoms with E-state index in [9.17, 15) is 18.0 Å². The van der Waals surface area contributed by atoms with Crippen molar-refractivity contribution in [1.29, 1.82) is 0 Å². The molecule has 0 saturated carbocycles. The van der Waals surface area contributed by atoms with Gasteiger partial charge in [-0.15, -0.1) is 0 Å². The summed E-state index contributed by atoms with van der Waals surface area (Å²) in [6.45, 7) is 1.52. The van der Waals surface area contributed by atoms with E-state index in [-0.39, 0.29) is 28.1 Å². The van der Waals surface area contributed by atoms with Gasteiger partial charge in [-0.3, -0.25) is 9.59 Å². The third-order valence-electron chi connectivity index (χ3n) is 3.77. The van der Waals surface area contributed by atoms with Gasteiger partial charge in [-0.05, 0) is 42.8 Å². The molecule has 0 saturated heterocycles. The highest BCUT2D eigenvalue weighted by Gasteiger charge is 2.14. The summed E-state index contributed by atoms with van der Waals surface area (Å²) in [5, 5.41) is 5.82. The third-order valence-corrected chi connectivity index (χ3v) is 5.45. The van der Waals surface area contributed by atoms with Crippen molar-refractivity contribution in [2.24, 2.45) is 0 Å². The molecule has 0 radical (unpaired) electrons. The first-order valence-electron chi connectivity index (χ1n) is 7.90. The zero-order chi connectivity index (χ0) is 20.2. The van der Waals surface area contributed by atoms with E-state index in [0.717, 1.165) is 11.8 Å². The number of hydrogen-bond donors (Lipinski definition) is 2. The molecule has 9 heteroatoms. The van der Waals surface area contributed by atoms with Crippen LogP contribution in [0.25, 0.3) is 0 Å². The maximum absolute atomic E-state index is 12.1. The summed E-state index contributed by atoms with van der Waals surface area (Å²) >= 11 is 11.7. The van der Waals surface area contributed by atoms with Crippen LogP contribution in [0.1, 0.15) is 28.9 Å². The fraction of sp³-hybridized carbons (Fsp3) is 0.222. The van der Waals surface area contributed by atoms with Crippen LogP contribution in [0.2, 0.25) is 10.0 Å². The molecule has 6 nitrogen and oxygen atoms in total. The number of amides is 2. The number of carbonyl (C=O) groups is 2. The summed E-state index contributed by atoms with van der Waals surface area (Å²) < 4.78 is 22.9. The molecule has 2 amide bonds. The molecule has 0 aliphatic carbocycles. The molecule has 0 aliphatic heterocycles. The minimum absolute atomic E-state index is 0.194. The Labute approximate surface area is 167 Å². The number of halogens is 2. The van der Waals surface area contributed by atoms with E-state index in [1.54, 1.807) is 19.1 Å². The molecule has 2 N–H and O–H groups in total. The summed E-state index contributed by atoms with van der Waals surface area (Å²) in [6.07, 6.45) is 1.13. The van der Waals surface area contributed by atoms with Crippen LogP contribution in [0.3, 0.4) is 0 Å². The van der Waals surface area contributed by atoms with E-state index in [1.807, 2.05) is 0 Å². The van der Waals surface area contributed by atoms with Crippen molar-refractivity contribution in [3.63, 3.8) is 0 Å². The second-order valence-corrected chi connectivity index (χ2v) is 8.80. The highest BCUT2D eigenvalue weighted by Crippen LogP contribution is 2.20. The molecule has 27 heavy (non-hydrogen) atoms. The molecule has 2 aromatic carbocycles. The number of carbonyl (C=O) groups excluding carboxylic acids is 2. The van der Waals surface area contributed by atoms with Crippen molar-refractivity contribution >= 4 is 44.9 Å². The zero-order valence-corrected chi connectivity index (χ0v) is 17.0. The summed E-state index contributed by atoms with van der Waals surface area (Å²) in [5.74, 6) is -0.884. The van der Waals surface area contributed by atoms with Crippen molar-refractivity contribution in [3.8, 4) is 0 Å². The predicted molar refractivity (Wildman–Crippen MR) is 105 cm³/mol. The maximum atomic E-state index is 12.1. The largest absolute Gasteiger partial charge is 0.348 e. The molecular formula is C18H18Cl2N2O4S. The number of rotatable bonds is 6. The summed E-state index contributed by atoms with van der Waals surface area (Å²) in [7, 11) is -3.27. The Morgan fingerprint density at radius 3 is 2.26 bits per heavy atom. The monoisotopic (exact) mass is 428 g/mol. The Morgan fingerprint density at radius 1 is 1.07 bits per heavy atom. The van der Waals surface area contributed by atoms with Crippen molar-refractivity contribution in [2.75, 3.05) is 12.8 Å². The number of nitrogens with one attached hydrogen (secondary N) is 2. The molecule has 0 heterocycles. The van der Waals surface area contributed by atoms with Gasteiger partial charge in [0, 0.05) is 11.3 Å². The molecule has 0 spiro atoms. The zero-order valence-electron chi connectivity index (χ0n) is 14.6. The SMILES string of the molecule is C[C@H](NC(=O)CNC(=O)c1ccc(Cl)cc1Cl)c1ccc(S(C)(=O)=O)cc1. The summed E-state index contributed by atoms with van der Waals surface area (Å²) in [6, 6.07) is 10.3. The Hall–Kier alpha value is -2.09. The van der Waals surface area contributed by atoms with Crippen LogP contribution in [0.4, 0.5) is 0 Å². The lowest BCUT2D eigenvalue weighted by Crippen LogP contribution is -2.38. The molecule has 0 bridgehead atoms. The first kappa shape index (κ1) is 21.2. The Bertz CT molecular complexity index is 960. The summed E-state index contributed by atoms with van der Waals surface area (Å²) in [4.78, 5) is 24.4. The number of benzene rings is 2. The lowest BCUT2D eigenvalue weighted by atomic mass is 10.1. The van der Waals surface area contributed by atoms with Crippen LogP contribution in [0, 0.1) is 0 Å². The van der Waals surface area contributed by atoms with E-state index in [2.05, 4.69) is 10.6 Å². The maximum Gasteiger partial charge on any atom is 0.253 e. The fourth-order valence-electron chi connectivity index (χ4n) is 2.31. The second kappa shape index (κ2) is 8.73. The molecule has 0 fully saturated rings. The van der Waals surface area contributed by atoms with Crippen LogP contribution in [-0.4, -0.2) is 33.0 Å². The molecule has 0 aromatic heterocycles. The minimum atomic E-state index is -3.27. The van der Waals surface area contributed by atoms with Crippen molar-refractivity contribution in [1.82, 2.24) is 10.6 Å². The van der Waals surface area contributed by atoms with Crippen molar-refractivity contribution < 1.29 is 18.0 Å². The lowest BCUT2D eigenvalue weighted by molar-refractivity contribution is -0.120. The Kier molecular flexibility index (Phi) is 6.86. The van der Waals surface area contributed by atoms with Gasteiger partial charge >= 0.3 is 0 Å². The molecule has 0 aliphatic rings. The normalized spacial score (nSPS) is 12.3. The predicted octanol–water partition coefficient (Wildman–Crippen LogP) is 3.00. The summed E-state index contributed by atoms with van der Waals surface area (Å²) in [5.41, 5.74) is 0.959. The van der Waals surface area contributed by atoms with E-state index in [1.165, 1.54) is 30.3 Å². The average Bonchev–Trinajstić information content (AvgIpc) is 2.59. The van der Waals surface area contributed by atoms with Crippen LogP contribution in [0.15, 0.2) is 47.4 Å². The van der Waals surface area contributed by atoms with Gasteiger partial charge in [-0.2, -0.15) is 0 Å². The molecule has 0 unspecified atom stereocenters. The molecule has 2 aromatic rings. The highest BCUT2D eigenvalue weighted by molar-refractivity contribution is 7.90. The van der Waals surface area contributed by atoms with E-state index in [0.29, 0.717) is 5.02 Å². The van der Waals surface area contributed by atoms with Crippen LogP contribution < -0.4 is 10.6 Å². The van der Waals surface area contributed by atoms with Gasteiger partial charge in [-0.25, -0.2) is 8.42 Å². The molecule has 1 atom stereocenters. The minimum Gasteiger partial charge on any atom is -0.348 e. The van der Waals surface area contributed by atoms with Gasteiger partial charge in [-0.1, -0.05) is 35.3 Å². The average molecular weight is 429 g/mol.